The molecule has 0 radical (unpaired) electrons. The summed E-state index contributed by atoms with van der Waals surface area (Å²) < 4.78 is 26.2. The van der Waals surface area contributed by atoms with Crippen LogP contribution in [0.1, 0.15) is 37.8 Å². The molecule has 0 bridgehead atoms. The lowest BCUT2D eigenvalue weighted by Crippen LogP contribution is -2.32. The van der Waals surface area contributed by atoms with Crippen molar-refractivity contribution in [3.05, 3.63) is 18.0 Å². The zero-order chi connectivity index (χ0) is 13.9. The summed E-state index contributed by atoms with van der Waals surface area (Å²) in [5.74, 6) is 0.477. The molecule has 1 aromatic heterocycles. The van der Waals surface area contributed by atoms with E-state index in [1.165, 1.54) is 35.8 Å². The maximum atomic E-state index is 12.4. The van der Waals surface area contributed by atoms with Crippen molar-refractivity contribution in [2.45, 2.75) is 43.6 Å². The van der Waals surface area contributed by atoms with E-state index < -0.39 is 10.0 Å². The summed E-state index contributed by atoms with van der Waals surface area (Å²) in [6.45, 7) is 0.407. The van der Waals surface area contributed by atoms with Crippen LogP contribution in [0.4, 0.5) is 0 Å². The number of aromatic amines is 1. The van der Waals surface area contributed by atoms with Crippen molar-refractivity contribution in [2.75, 3.05) is 13.6 Å². The Morgan fingerprint density at radius 3 is 2.63 bits per heavy atom. The van der Waals surface area contributed by atoms with Crippen molar-refractivity contribution in [2.24, 2.45) is 5.92 Å². The molecule has 1 aromatic rings. The zero-order valence-electron chi connectivity index (χ0n) is 11.3. The van der Waals surface area contributed by atoms with Crippen molar-refractivity contribution >= 4 is 10.0 Å². The van der Waals surface area contributed by atoms with Crippen molar-refractivity contribution in [3.8, 4) is 0 Å². The number of hydrogen-bond donors (Lipinski definition) is 2. The largest absolute Gasteiger partial charge is 0.390 e. The molecule has 1 fully saturated rings. The Bertz CT molecular complexity index is 504. The van der Waals surface area contributed by atoms with E-state index in [-0.39, 0.29) is 11.5 Å². The minimum Gasteiger partial charge on any atom is -0.390 e. The first-order valence-electron chi connectivity index (χ1n) is 6.78. The van der Waals surface area contributed by atoms with Gasteiger partial charge in [0.25, 0.3) is 0 Å². The van der Waals surface area contributed by atoms with E-state index >= 15 is 0 Å². The molecule has 2 rings (SSSR count). The SMILES string of the molecule is CN(CC1CCCCC1)S(=O)(=O)c1c[nH]c(CO)c1. The van der Waals surface area contributed by atoms with Gasteiger partial charge in [0.15, 0.2) is 0 Å². The van der Waals surface area contributed by atoms with Crippen LogP contribution < -0.4 is 0 Å². The van der Waals surface area contributed by atoms with Crippen LogP contribution in [0.3, 0.4) is 0 Å². The second-order valence-corrected chi connectivity index (χ2v) is 7.35. The minimum absolute atomic E-state index is 0.179. The van der Waals surface area contributed by atoms with E-state index in [2.05, 4.69) is 4.98 Å². The third-order valence-corrected chi connectivity index (χ3v) is 5.64. The van der Waals surface area contributed by atoms with E-state index in [1.54, 1.807) is 7.05 Å². The number of nitrogens with one attached hydrogen (secondary N) is 1. The Labute approximate surface area is 114 Å². The molecular weight excluding hydrogens is 264 g/mol. The van der Waals surface area contributed by atoms with E-state index in [4.69, 9.17) is 5.11 Å². The first-order chi connectivity index (χ1) is 9.04. The van der Waals surface area contributed by atoms with Gasteiger partial charge in [-0.15, -0.1) is 0 Å². The maximum absolute atomic E-state index is 12.4. The summed E-state index contributed by atoms with van der Waals surface area (Å²) in [6.07, 6.45) is 7.36. The number of hydrogen-bond acceptors (Lipinski definition) is 3. The van der Waals surface area contributed by atoms with Crippen molar-refractivity contribution in [1.29, 1.82) is 0 Å². The number of nitrogens with zero attached hydrogens (tertiary/aromatic N) is 1. The molecule has 1 aliphatic rings. The quantitative estimate of drug-likeness (QED) is 0.865. The van der Waals surface area contributed by atoms with Crippen LogP contribution >= 0.6 is 0 Å². The van der Waals surface area contributed by atoms with Gasteiger partial charge in [-0.3, -0.25) is 0 Å². The summed E-state index contributed by atoms with van der Waals surface area (Å²) in [7, 11) is -1.80. The van der Waals surface area contributed by atoms with Gasteiger partial charge in [-0.25, -0.2) is 12.7 Å². The molecule has 0 amide bonds. The summed E-state index contributed by atoms with van der Waals surface area (Å²) in [4.78, 5) is 3.00. The molecule has 0 aliphatic heterocycles. The molecule has 0 spiro atoms. The molecule has 108 valence electrons. The lowest BCUT2D eigenvalue weighted by atomic mass is 9.89. The van der Waals surface area contributed by atoms with Gasteiger partial charge in [-0.2, -0.15) is 0 Å². The molecule has 0 atom stereocenters. The predicted octanol–water partition coefficient (Wildman–Crippen LogP) is 1.71. The standard InChI is InChI=1S/C13H22N2O3S/c1-15(9-11-5-3-2-4-6-11)19(17,18)13-7-12(10-16)14-8-13/h7-8,11,14,16H,2-6,9-10H2,1H3. The van der Waals surface area contributed by atoms with E-state index in [0.717, 1.165) is 12.8 Å². The summed E-state index contributed by atoms with van der Waals surface area (Å²) in [6, 6.07) is 1.49. The van der Waals surface area contributed by atoms with Gasteiger partial charge >= 0.3 is 0 Å². The normalized spacial score (nSPS) is 18.1. The van der Waals surface area contributed by atoms with Gasteiger partial charge in [0.05, 0.1) is 11.5 Å². The third kappa shape index (κ3) is 3.38. The average molecular weight is 286 g/mol. The van der Waals surface area contributed by atoms with Crippen LogP contribution in [0.5, 0.6) is 0 Å². The molecule has 6 heteroatoms. The first kappa shape index (κ1) is 14.6. The third-order valence-electron chi connectivity index (χ3n) is 3.83. The predicted molar refractivity (Wildman–Crippen MR) is 73.1 cm³/mol. The summed E-state index contributed by atoms with van der Waals surface area (Å²) in [5.41, 5.74) is 0.518. The molecule has 2 N–H and O–H groups in total. The van der Waals surface area contributed by atoms with Crippen molar-refractivity contribution in [1.82, 2.24) is 9.29 Å². The highest BCUT2D eigenvalue weighted by molar-refractivity contribution is 7.89. The number of H-pyrrole nitrogens is 1. The number of aromatic nitrogens is 1. The van der Waals surface area contributed by atoms with Gasteiger partial charge in [0.2, 0.25) is 10.0 Å². The fraction of sp³-hybridized carbons (Fsp3) is 0.692. The molecular formula is C13H22N2O3S. The molecule has 1 heterocycles. The highest BCUT2D eigenvalue weighted by atomic mass is 32.2. The van der Waals surface area contributed by atoms with Gasteiger partial charge < -0.3 is 10.1 Å². The van der Waals surface area contributed by atoms with Crippen LogP contribution in [0.2, 0.25) is 0 Å². The molecule has 5 nitrogen and oxygen atoms in total. The fourth-order valence-corrected chi connectivity index (χ4v) is 3.94. The smallest absolute Gasteiger partial charge is 0.244 e. The van der Waals surface area contributed by atoms with Gasteiger partial charge in [0.1, 0.15) is 0 Å². The van der Waals surface area contributed by atoms with Crippen molar-refractivity contribution < 1.29 is 13.5 Å². The number of aliphatic hydroxyl groups excluding tert-OH is 1. The number of aliphatic hydroxyl groups is 1. The van der Waals surface area contributed by atoms with Crippen LogP contribution in [0, 0.1) is 5.92 Å². The summed E-state index contributed by atoms with van der Waals surface area (Å²) >= 11 is 0. The Kier molecular flexibility index (Phi) is 4.65. The van der Waals surface area contributed by atoms with E-state index in [9.17, 15) is 8.42 Å². The Balaban J connectivity index is 2.05. The second-order valence-electron chi connectivity index (χ2n) is 5.31. The Morgan fingerprint density at radius 1 is 1.37 bits per heavy atom. The first-order valence-corrected chi connectivity index (χ1v) is 8.22. The van der Waals surface area contributed by atoms with Gasteiger partial charge in [0, 0.05) is 25.5 Å². The molecule has 0 saturated heterocycles. The summed E-state index contributed by atoms with van der Waals surface area (Å²) in [5, 5.41) is 8.98. The maximum Gasteiger partial charge on any atom is 0.244 e. The zero-order valence-corrected chi connectivity index (χ0v) is 12.1. The highest BCUT2D eigenvalue weighted by Gasteiger charge is 2.25. The number of rotatable bonds is 5. The number of sulfonamides is 1. The molecule has 0 unspecified atom stereocenters. The molecule has 1 aliphatic carbocycles. The second kappa shape index (κ2) is 6.07. The minimum atomic E-state index is -3.44. The Morgan fingerprint density at radius 2 is 2.05 bits per heavy atom. The van der Waals surface area contributed by atoms with Crippen molar-refractivity contribution in [3.63, 3.8) is 0 Å². The molecule has 19 heavy (non-hydrogen) atoms. The highest BCUT2D eigenvalue weighted by Crippen LogP contribution is 2.26. The van der Waals surface area contributed by atoms with Gasteiger partial charge in [-0.05, 0) is 24.8 Å². The Hall–Kier alpha value is -0.850. The van der Waals surface area contributed by atoms with Crippen LogP contribution in [-0.4, -0.2) is 36.4 Å². The lowest BCUT2D eigenvalue weighted by Gasteiger charge is -2.26. The van der Waals surface area contributed by atoms with Crippen LogP contribution in [0.15, 0.2) is 17.2 Å². The van der Waals surface area contributed by atoms with E-state index in [0.29, 0.717) is 18.2 Å². The molecule has 0 aromatic carbocycles. The average Bonchev–Trinajstić information content (AvgIpc) is 2.89. The van der Waals surface area contributed by atoms with E-state index in [1.807, 2.05) is 0 Å². The fourth-order valence-electron chi connectivity index (χ4n) is 2.67. The van der Waals surface area contributed by atoms with Crippen LogP contribution in [0.25, 0.3) is 0 Å². The van der Waals surface area contributed by atoms with Crippen LogP contribution in [-0.2, 0) is 16.6 Å². The monoisotopic (exact) mass is 286 g/mol. The van der Waals surface area contributed by atoms with Gasteiger partial charge in [-0.1, -0.05) is 19.3 Å². The molecule has 1 saturated carbocycles. The topological polar surface area (TPSA) is 73.4 Å². The lowest BCUT2D eigenvalue weighted by molar-refractivity contribution is 0.277.